The molecule has 1 aromatic rings. The van der Waals surface area contributed by atoms with Crippen molar-refractivity contribution < 1.29 is 4.74 Å². The summed E-state index contributed by atoms with van der Waals surface area (Å²) >= 11 is 3.43. The zero-order chi connectivity index (χ0) is 11.4. The Morgan fingerprint density at radius 3 is 2.44 bits per heavy atom. The van der Waals surface area contributed by atoms with E-state index in [-0.39, 0.29) is 6.04 Å². The van der Waals surface area contributed by atoms with Gasteiger partial charge in [-0.1, -0.05) is 34.0 Å². The third kappa shape index (κ3) is 2.65. The van der Waals surface area contributed by atoms with Gasteiger partial charge in [-0.2, -0.15) is 0 Å². The Balaban J connectivity index is 2.15. The van der Waals surface area contributed by atoms with Gasteiger partial charge in [-0.25, -0.2) is 0 Å². The molecular weight excluding hydrogens is 266 g/mol. The average Bonchev–Trinajstić information content (AvgIpc) is 2.34. The smallest absolute Gasteiger partial charge is 0.0969 e. The summed E-state index contributed by atoms with van der Waals surface area (Å²) in [6.45, 7) is 3.36. The summed E-state index contributed by atoms with van der Waals surface area (Å²) in [5, 5.41) is 0. The van der Waals surface area contributed by atoms with Crippen molar-refractivity contribution in [3.05, 3.63) is 34.3 Å². The summed E-state index contributed by atoms with van der Waals surface area (Å²) in [6, 6.07) is 8.27. The molecule has 0 aliphatic carbocycles. The number of benzene rings is 1. The van der Waals surface area contributed by atoms with Crippen LogP contribution in [0, 0.1) is 12.3 Å². The first-order valence-electron chi connectivity index (χ1n) is 5.34. The number of rotatable bonds is 2. The van der Waals surface area contributed by atoms with E-state index in [1.54, 1.807) is 0 Å². The Labute approximate surface area is 105 Å². The average molecular weight is 280 g/mol. The van der Waals surface area contributed by atoms with E-state index < -0.39 is 0 Å². The molecular formula is C13H14BrNO. The Hall–Kier alpha value is -0.820. The normalized spacial score (nSPS) is 19.0. The first-order valence-corrected chi connectivity index (χ1v) is 6.14. The Morgan fingerprint density at radius 1 is 1.25 bits per heavy atom. The monoisotopic (exact) mass is 279 g/mol. The summed E-state index contributed by atoms with van der Waals surface area (Å²) in [7, 11) is 0. The van der Waals surface area contributed by atoms with Crippen LogP contribution in [0.3, 0.4) is 0 Å². The fourth-order valence-corrected chi connectivity index (χ4v) is 2.16. The molecule has 1 atom stereocenters. The van der Waals surface area contributed by atoms with Gasteiger partial charge in [0.1, 0.15) is 0 Å². The lowest BCUT2D eigenvalue weighted by molar-refractivity contribution is 0.0270. The standard InChI is InChI=1S/C13H14BrNO/c1-2-13(15-7-9-16-10-8-15)11-3-5-12(14)6-4-11/h1,3-6,13H,7-10H2. The van der Waals surface area contributed by atoms with Crippen molar-refractivity contribution >= 4 is 15.9 Å². The van der Waals surface area contributed by atoms with Gasteiger partial charge < -0.3 is 4.74 Å². The fourth-order valence-electron chi connectivity index (χ4n) is 1.89. The van der Waals surface area contributed by atoms with E-state index in [0.717, 1.165) is 30.8 Å². The number of morpholine rings is 1. The summed E-state index contributed by atoms with van der Waals surface area (Å²) in [6.07, 6.45) is 5.63. The van der Waals surface area contributed by atoms with Gasteiger partial charge in [0.25, 0.3) is 0 Å². The Morgan fingerprint density at radius 2 is 1.88 bits per heavy atom. The molecule has 2 nitrogen and oxygen atoms in total. The van der Waals surface area contributed by atoms with E-state index in [2.05, 4.69) is 38.9 Å². The molecule has 0 saturated carbocycles. The number of halogens is 1. The number of ether oxygens (including phenoxy) is 1. The maximum absolute atomic E-state index is 5.63. The molecule has 1 aliphatic rings. The van der Waals surface area contributed by atoms with Gasteiger partial charge in [0.2, 0.25) is 0 Å². The van der Waals surface area contributed by atoms with E-state index in [1.165, 1.54) is 5.56 Å². The van der Waals surface area contributed by atoms with Crippen LogP contribution >= 0.6 is 15.9 Å². The molecule has 1 fully saturated rings. The molecule has 0 N–H and O–H groups in total. The van der Waals surface area contributed by atoms with Crippen LogP contribution in [0.15, 0.2) is 28.7 Å². The van der Waals surface area contributed by atoms with Crippen molar-refractivity contribution in [1.29, 1.82) is 0 Å². The minimum Gasteiger partial charge on any atom is -0.379 e. The molecule has 84 valence electrons. The van der Waals surface area contributed by atoms with Gasteiger partial charge in [-0.05, 0) is 17.7 Å². The molecule has 16 heavy (non-hydrogen) atoms. The highest BCUT2D eigenvalue weighted by Crippen LogP contribution is 2.22. The minimum absolute atomic E-state index is 0.0667. The topological polar surface area (TPSA) is 12.5 Å². The highest BCUT2D eigenvalue weighted by Gasteiger charge is 2.20. The molecule has 3 heteroatoms. The summed E-state index contributed by atoms with van der Waals surface area (Å²) in [4.78, 5) is 2.28. The van der Waals surface area contributed by atoms with Crippen molar-refractivity contribution in [3.63, 3.8) is 0 Å². The van der Waals surface area contributed by atoms with Crippen molar-refractivity contribution in [2.24, 2.45) is 0 Å². The first-order chi connectivity index (χ1) is 7.81. The number of nitrogens with zero attached hydrogens (tertiary/aromatic N) is 1. The van der Waals surface area contributed by atoms with Gasteiger partial charge in [-0.3, -0.25) is 4.90 Å². The molecule has 1 unspecified atom stereocenters. The maximum Gasteiger partial charge on any atom is 0.0969 e. The highest BCUT2D eigenvalue weighted by atomic mass is 79.9. The fraction of sp³-hybridized carbons (Fsp3) is 0.385. The van der Waals surface area contributed by atoms with Crippen LogP contribution in [0.1, 0.15) is 11.6 Å². The molecule has 1 heterocycles. The molecule has 1 aromatic carbocycles. The molecule has 0 bridgehead atoms. The van der Waals surface area contributed by atoms with Crippen LogP contribution in [0.4, 0.5) is 0 Å². The van der Waals surface area contributed by atoms with Crippen LogP contribution in [-0.4, -0.2) is 31.2 Å². The lowest BCUT2D eigenvalue weighted by atomic mass is 10.1. The molecule has 1 aliphatic heterocycles. The van der Waals surface area contributed by atoms with E-state index >= 15 is 0 Å². The van der Waals surface area contributed by atoms with Crippen molar-refractivity contribution in [2.45, 2.75) is 6.04 Å². The molecule has 0 aromatic heterocycles. The van der Waals surface area contributed by atoms with Gasteiger partial charge in [0.15, 0.2) is 0 Å². The Bertz CT molecular complexity index is 376. The van der Waals surface area contributed by atoms with Gasteiger partial charge >= 0.3 is 0 Å². The second-order valence-corrected chi connectivity index (χ2v) is 4.68. The highest BCUT2D eigenvalue weighted by molar-refractivity contribution is 9.10. The quantitative estimate of drug-likeness (QED) is 0.772. The molecule has 0 amide bonds. The van der Waals surface area contributed by atoms with E-state index in [4.69, 9.17) is 11.2 Å². The zero-order valence-electron chi connectivity index (χ0n) is 9.03. The number of hydrogen-bond acceptors (Lipinski definition) is 2. The van der Waals surface area contributed by atoms with Gasteiger partial charge in [0, 0.05) is 17.6 Å². The first kappa shape index (κ1) is 11.7. The minimum atomic E-state index is 0.0667. The molecule has 0 radical (unpaired) electrons. The van der Waals surface area contributed by atoms with Crippen molar-refractivity contribution in [3.8, 4) is 12.3 Å². The van der Waals surface area contributed by atoms with E-state index in [1.807, 2.05) is 12.1 Å². The lowest BCUT2D eigenvalue weighted by Gasteiger charge is -2.31. The molecule has 1 saturated heterocycles. The van der Waals surface area contributed by atoms with Crippen LogP contribution in [0.25, 0.3) is 0 Å². The van der Waals surface area contributed by atoms with E-state index in [9.17, 15) is 0 Å². The van der Waals surface area contributed by atoms with Crippen LogP contribution in [0.5, 0.6) is 0 Å². The lowest BCUT2D eigenvalue weighted by Crippen LogP contribution is -2.38. The molecule has 2 rings (SSSR count). The number of hydrogen-bond donors (Lipinski definition) is 0. The summed E-state index contributed by atoms with van der Waals surface area (Å²) < 4.78 is 6.41. The van der Waals surface area contributed by atoms with Gasteiger partial charge in [-0.15, -0.1) is 6.42 Å². The summed E-state index contributed by atoms with van der Waals surface area (Å²) in [5.74, 6) is 2.86. The third-order valence-electron chi connectivity index (χ3n) is 2.75. The van der Waals surface area contributed by atoms with Crippen LogP contribution in [0.2, 0.25) is 0 Å². The Kier molecular flexibility index (Phi) is 4.00. The van der Waals surface area contributed by atoms with Crippen molar-refractivity contribution in [2.75, 3.05) is 26.3 Å². The van der Waals surface area contributed by atoms with Crippen LogP contribution < -0.4 is 0 Å². The molecule has 0 spiro atoms. The zero-order valence-corrected chi connectivity index (χ0v) is 10.6. The maximum atomic E-state index is 5.63. The second kappa shape index (κ2) is 5.49. The largest absolute Gasteiger partial charge is 0.379 e. The van der Waals surface area contributed by atoms with Crippen molar-refractivity contribution in [1.82, 2.24) is 4.90 Å². The third-order valence-corrected chi connectivity index (χ3v) is 3.28. The van der Waals surface area contributed by atoms with Gasteiger partial charge in [0.05, 0.1) is 19.3 Å². The summed E-state index contributed by atoms with van der Waals surface area (Å²) in [5.41, 5.74) is 1.17. The second-order valence-electron chi connectivity index (χ2n) is 3.77. The SMILES string of the molecule is C#CC(c1ccc(Br)cc1)N1CCOCC1. The predicted octanol–water partition coefficient (Wildman–Crippen LogP) is 2.46. The predicted molar refractivity (Wildman–Crippen MR) is 68.1 cm³/mol. The number of terminal acetylenes is 1. The van der Waals surface area contributed by atoms with E-state index in [0.29, 0.717) is 0 Å². The van der Waals surface area contributed by atoms with Crippen LogP contribution in [-0.2, 0) is 4.74 Å².